The van der Waals surface area contributed by atoms with Crippen molar-refractivity contribution in [1.29, 1.82) is 0 Å². The van der Waals surface area contributed by atoms with Gasteiger partial charge in [0.2, 0.25) is 5.91 Å². The van der Waals surface area contributed by atoms with E-state index in [-0.39, 0.29) is 11.9 Å². The first-order chi connectivity index (χ1) is 14.5. The Morgan fingerprint density at radius 1 is 1.33 bits per heavy atom. The predicted octanol–water partition coefficient (Wildman–Crippen LogP) is 3.35. The van der Waals surface area contributed by atoms with Gasteiger partial charge in [0.05, 0.1) is 25.8 Å². The van der Waals surface area contributed by atoms with Crippen LogP contribution in [-0.2, 0) is 11.2 Å². The monoisotopic (exact) mass is 432 g/mol. The third-order valence-corrected chi connectivity index (χ3v) is 6.30. The van der Waals surface area contributed by atoms with Crippen LogP contribution in [0.25, 0.3) is 0 Å². The highest BCUT2D eigenvalue weighted by molar-refractivity contribution is 7.10. The maximum atomic E-state index is 13.3. The average Bonchev–Trinajstić information content (AvgIpc) is 3.21. The number of nitrogens with zero attached hydrogens (tertiary/aromatic N) is 2. The molecular weight excluding hydrogens is 400 g/mol. The topological polar surface area (TPSA) is 62.2 Å². The van der Waals surface area contributed by atoms with E-state index >= 15 is 0 Å². The molecule has 0 fully saturated rings. The van der Waals surface area contributed by atoms with Crippen molar-refractivity contribution in [3.8, 4) is 11.5 Å². The Hall–Kier alpha value is -2.09. The summed E-state index contributed by atoms with van der Waals surface area (Å²) in [6.07, 6.45) is 1.35. The van der Waals surface area contributed by atoms with Crippen LogP contribution in [0, 0.1) is 0 Å². The van der Waals surface area contributed by atoms with Crippen LogP contribution in [0.5, 0.6) is 11.5 Å². The summed E-state index contributed by atoms with van der Waals surface area (Å²) in [4.78, 5) is 18.6. The molecule has 0 saturated carbocycles. The molecule has 2 heterocycles. The van der Waals surface area contributed by atoms with Crippen molar-refractivity contribution in [2.45, 2.75) is 38.8 Å². The molecule has 1 aliphatic rings. The highest BCUT2D eigenvalue weighted by Gasteiger charge is 2.33. The summed E-state index contributed by atoms with van der Waals surface area (Å²) < 4.78 is 11.5. The lowest BCUT2D eigenvalue weighted by atomic mass is 10.0. The number of hydrogen-bond acceptors (Lipinski definition) is 6. The summed E-state index contributed by atoms with van der Waals surface area (Å²) in [5.41, 5.74) is 1.17. The van der Waals surface area contributed by atoms with Gasteiger partial charge in [0.1, 0.15) is 6.61 Å². The lowest BCUT2D eigenvalue weighted by molar-refractivity contribution is -0.136. The molecule has 2 atom stereocenters. The Morgan fingerprint density at radius 3 is 2.80 bits per heavy atom. The smallest absolute Gasteiger partial charge is 0.237 e. The molecule has 1 aromatic carbocycles. The number of rotatable bonds is 10. The third-order valence-electron chi connectivity index (χ3n) is 5.30. The van der Waals surface area contributed by atoms with Crippen molar-refractivity contribution in [2.24, 2.45) is 0 Å². The second-order valence-electron chi connectivity index (χ2n) is 7.70. The largest absolute Gasteiger partial charge is 0.493 e. The fraction of sp³-hybridized carbons (Fsp3) is 0.522. The molecule has 6 nitrogen and oxygen atoms in total. The zero-order chi connectivity index (χ0) is 21.5. The lowest BCUT2D eigenvalue weighted by Gasteiger charge is -2.37. The number of thiophene rings is 1. The van der Waals surface area contributed by atoms with Gasteiger partial charge in [0.25, 0.3) is 0 Å². The van der Waals surface area contributed by atoms with Crippen LogP contribution in [0.3, 0.4) is 0 Å². The highest BCUT2D eigenvalue weighted by Crippen LogP contribution is 2.35. The average molecular weight is 433 g/mol. The Kier molecular flexibility index (Phi) is 8.13. The number of fused-ring (bicyclic) bond motifs is 1. The van der Waals surface area contributed by atoms with Gasteiger partial charge in [-0.3, -0.25) is 9.69 Å². The summed E-state index contributed by atoms with van der Waals surface area (Å²) >= 11 is 1.74. The van der Waals surface area contributed by atoms with Gasteiger partial charge in [-0.1, -0.05) is 19.1 Å². The van der Waals surface area contributed by atoms with Gasteiger partial charge < -0.3 is 19.5 Å². The molecule has 2 unspecified atom stereocenters. The Labute approximate surface area is 183 Å². The molecular formula is C23H32N2O4S. The minimum absolute atomic E-state index is 0.0783. The molecule has 0 aliphatic carbocycles. The second-order valence-corrected chi connectivity index (χ2v) is 8.70. The first-order valence-corrected chi connectivity index (χ1v) is 11.4. The lowest BCUT2D eigenvalue weighted by Crippen LogP contribution is -2.47. The van der Waals surface area contributed by atoms with E-state index in [0.29, 0.717) is 37.7 Å². The fourth-order valence-corrected chi connectivity index (χ4v) is 4.92. The van der Waals surface area contributed by atoms with Crippen LogP contribution in [0.4, 0.5) is 0 Å². The summed E-state index contributed by atoms with van der Waals surface area (Å²) in [5.74, 6) is 1.44. The van der Waals surface area contributed by atoms with Gasteiger partial charge in [0.15, 0.2) is 11.5 Å². The van der Waals surface area contributed by atoms with Crippen molar-refractivity contribution in [2.75, 3.05) is 39.9 Å². The van der Waals surface area contributed by atoms with Crippen LogP contribution in [0.15, 0.2) is 35.7 Å². The van der Waals surface area contributed by atoms with Gasteiger partial charge in [0, 0.05) is 18.0 Å². The number of para-hydroxylation sites is 2. The SMILES string of the molecule is CCCN(CC(=O)N1CCc2sccc2C1COc1ccccc1OC)CC(C)O. The van der Waals surface area contributed by atoms with E-state index in [0.717, 1.165) is 19.4 Å². The summed E-state index contributed by atoms with van der Waals surface area (Å²) in [7, 11) is 1.63. The number of ether oxygens (including phenoxy) is 2. The van der Waals surface area contributed by atoms with Gasteiger partial charge >= 0.3 is 0 Å². The molecule has 1 amide bonds. The minimum Gasteiger partial charge on any atom is -0.493 e. The standard InChI is InChI=1S/C23H32N2O4S/c1-4-11-24(14-17(2)26)15-23(27)25-12-9-22-18(10-13-30-22)19(25)16-29-21-8-6-5-7-20(21)28-3/h5-8,10,13,17,19,26H,4,9,11-12,14-16H2,1-3H3. The number of benzene rings is 1. The minimum atomic E-state index is -0.459. The number of aliphatic hydroxyl groups excluding tert-OH is 1. The number of hydrogen-bond donors (Lipinski definition) is 1. The maximum absolute atomic E-state index is 13.3. The van der Waals surface area contributed by atoms with Crippen LogP contribution in [0.2, 0.25) is 0 Å². The van der Waals surface area contributed by atoms with E-state index in [4.69, 9.17) is 9.47 Å². The molecule has 0 bridgehead atoms. The number of carbonyl (C=O) groups excluding carboxylic acids is 1. The summed E-state index contributed by atoms with van der Waals surface area (Å²) in [6.45, 7) is 6.50. The van der Waals surface area contributed by atoms with Crippen molar-refractivity contribution < 1.29 is 19.4 Å². The number of methoxy groups -OCH3 is 1. The Morgan fingerprint density at radius 2 is 2.10 bits per heavy atom. The van der Waals surface area contributed by atoms with Crippen molar-refractivity contribution >= 4 is 17.2 Å². The normalized spacial score (nSPS) is 17.0. The second kappa shape index (κ2) is 10.8. The van der Waals surface area contributed by atoms with Crippen LogP contribution >= 0.6 is 11.3 Å². The maximum Gasteiger partial charge on any atom is 0.237 e. The Balaban J connectivity index is 1.76. The molecule has 0 spiro atoms. The summed E-state index contributed by atoms with van der Waals surface area (Å²) in [5, 5.41) is 11.9. The quantitative estimate of drug-likeness (QED) is 0.624. The molecule has 7 heteroatoms. The van der Waals surface area contributed by atoms with Gasteiger partial charge in [-0.25, -0.2) is 0 Å². The molecule has 3 rings (SSSR count). The van der Waals surface area contributed by atoms with E-state index < -0.39 is 6.10 Å². The number of carbonyl (C=O) groups is 1. The fourth-order valence-electron chi connectivity index (χ4n) is 3.99. The molecule has 0 radical (unpaired) electrons. The van der Waals surface area contributed by atoms with E-state index in [1.165, 1.54) is 10.4 Å². The van der Waals surface area contributed by atoms with Gasteiger partial charge in [-0.05, 0) is 55.5 Å². The van der Waals surface area contributed by atoms with Gasteiger partial charge in [-0.15, -0.1) is 11.3 Å². The van der Waals surface area contributed by atoms with Crippen molar-refractivity contribution in [3.63, 3.8) is 0 Å². The Bertz CT molecular complexity index is 823. The first kappa shape index (κ1) is 22.6. The summed E-state index contributed by atoms with van der Waals surface area (Å²) in [6, 6.07) is 9.55. The molecule has 1 aliphatic heterocycles. The number of aliphatic hydroxyl groups is 1. The molecule has 30 heavy (non-hydrogen) atoms. The van der Waals surface area contributed by atoms with Crippen molar-refractivity contribution in [1.82, 2.24) is 9.80 Å². The van der Waals surface area contributed by atoms with E-state index in [1.54, 1.807) is 25.4 Å². The molecule has 1 N–H and O–H groups in total. The molecule has 2 aromatic rings. The van der Waals surface area contributed by atoms with Crippen LogP contribution in [-0.4, -0.2) is 66.8 Å². The van der Waals surface area contributed by atoms with Crippen LogP contribution in [0.1, 0.15) is 36.8 Å². The highest BCUT2D eigenvalue weighted by atomic mass is 32.1. The number of amides is 1. The van der Waals surface area contributed by atoms with Crippen LogP contribution < -0.4 is 9.47 Å². The van der Waals surface area contributed by atoms with Crippen molar-refractivity contribution in [3.05, 3.63) is 46.2 Å². The zero-order valence-electron chi connectivity index (χ0n) is 18.0. The van der Waals surface area contributed by atoms with E-state index in [2.05, 4.69) is 18.4 Å². The third kappa shape index (κ3) is 5.53. The predicted molar refractivity (Wildman–Crippen MR) is 119 cm³/mol. The van der Waals surface area contributed by atoms with E-state index in [9.17, 15) is 9.90 Å². The zero-order valence-corrected chi connectivity index (χ0v) is 18.9. The molecule has 164 valence electrons. The van der Waals surface area contributed by atoms with E-state index in [1.807, 2.05) is 34.1 Å². The van der Waals surface area contributed by atoms with Gasteiger partial charge in [-0.2, -0.15) is 0 Å². The molecule has 1 aromatic heterocycles. The molecule has 0 saturated heterocycles. The first-order valence-electron chi connectivity index (χ1n) is 10.6.